The first-order valence-corrected chi connectivity index (χ1v) is 6.76. The van der Waals surface area contributed by atoms with Crippen molar-refractivity contribution < 1.29 is 4.74 Å². The summed E-state index contributed by atoms with van der Waals surface area (Å²) in [6.07, 6.45) is 3.64. The molecule has 0 atom stereocenters. The van der Waals surface area contributed by atoms with Gasteiger partial charge in [0.05, 0.1) is 24.7 Å². The summed E-state index contributed by atoms with van der Waals surface area (Å²) in [6.45, 7) is 0.570. The molecule has 21 heavy (non-hydrogen) atoms. The Kier molecular flexibility index (Phi) is 3.51. The fourth-order valence-electron chi connectivity index (χ4n) is 2.21. The van der Waals surface area contributed by atoms with E-state index < -0.39 is 0 Å². The number of aromatic nitrogens is 2. The lowest BCUT2D eigenvalue weighted by Gasteiger charge is -2.08. The summed E-state index contributed by atoms with van der Waals surface area (Å²) in [6, 6.07) is 11.5. The molecule has 0 amide bonds. The third kappa shape index (κ3) is 2.69. The molecule has 0 saturated carbocycles. The number of rotatable bonds is 3. The summed E-state index contributed by atoms with van der Waals surface area (Å²) in [5.74, 6) is 0.783. The van der Waals surface area contributed by atoms with Crippen LogP contribution in [-0.4, -0.2) is 16.7 Å². The molecule has 0 aliphatic carbocycles. The lowest BCUT2D eigenvalue weighted by Crippen LogP contribution is -1.99. The van der Waals surface area contributed by atoms with Crippen LogP contribution in [0.25, 0.3) is 10.9 Å². The molecule has 3 aromatic rings. The number of hydrogen-bond donors (Lipinski definition) is 0. The summed E-state index contributed by atoms with van der Waals surface area (Å²) in [5, 5.41) is 10.3. The maximum absolute atomic E-state index is 8.85. The number of methoxy groups -OCH3 is 1. The summed E-state index contributed by atoms with van der Waals surface area (Å²) in [7, 11) is 1.63. The van der Waals surface area contributed by atoms with Gasteiger partial charge in [-0.15, -0.1) is 0 Å². The van der Waals surface area contributed by atoms with E-state index in [4.69, 9.17) is 21.6 Å². The van der Waals surface area contributed by atoms with Crippen molar-refractivity contribution in [2.24, 2.45) is 0 Å². The molecule has 4 nitrogen and oxygen atoms in total. The monoisotopic (exact) mass is 297 g/mol. The molecule has 104 valence electrons. The minimum atomic E-state index is 0.472. The van der Waals surface area contributed by atoms with E-state index in [9.17, 15) is 0 Å². The average molecular weight is 298 g/mol. The lowest BCUT2D eigenvalue weighted by atomic mass is 10.1. The quantitative estimate of drug-likeness (QED) is 0.694. The lowest BCUT2D eigenvalue weighted by molar-refractivity contribution is 0.415. The Morgan fingerprint density at radius 3 is 2.90 bits per heavy atom. The third-order valence-electron chi connectivity index (χ3n) is 3.28. The molecule has 0 unspecified atom stereocenters. The predicted molar refractivity (Wildman–Crippen MR) is 81.6 cm³/mol. The van der Waals surface area contributed by atoms with Crippen molar-refractivity contribution >= 4 is 22.5 Å². The van der Waals surface area contributed by atoms with Gasteiger partial charge < -0.3 is 9.30 Å². The summed E-state index contributed by atoms with van der Waals surface area (Å²) >= 11 is 6.25. The molecule has 1 aromatic carbocycles. The molecule has 0 N–H and O–H groups in total. The number of benzene rings is 1. The Morgan fingerprint density at radius 2 is 2.19 bits per heavy atom. The Labute approximate surface area is 127 Å². The van der Waals surface area contributed by atoms with Crippen LogP contribution in [0.1, 0.15) is 11.1 Å². The number of halogens is 1. The van der Waals surface area contributed by atoms with E-state index in [0.29, 0.717) is 17.3 Å². The van der Waals surface area contributed by atoms with Crippen molar-refractivity contribution in [3.63, 3.8) is 0 Å². The van der Waals surface area contributed by atoms with Crippen molar-refractivity contribution in [3.8, 4) is 11.8 Å². The van der Waals surface area contributed by atoms with Gasteiger partial charge in [0, 0.05) is 23.3 Å². The van der Waals surface area contributed by atoms with Crippen molar-refractivity contribution in [3.05, 3.63) is 59.0 Å². The first-order valence-electron chi connectivity index (χ1n) is 6.38. The zero-order valence-corrected chi connectivity index (χ0v) is 12.1. The Balaban J connectivity index is 2.01. The Hall–Kier alpha value is -2.51. The van der Waals surface area contributed by atoms with E-state index in [0.717, 1.165) is 22.2 Å². The van der Waals surface area contributed by atoms with Crippen molar-refractivity contribution in [1.82, 2.24) is 9.55 Å². The van der Waals surface area contributed by atoms with Crippen LogP contribution in [0.3, 0.4) is 0 Å². The number of nitriles is 1. The van der Waals surface area contributed by atoms with E-state index in [2.05, 4.69) is 11.1 Å². The summed E-state index contributed by atoms with van der Waals surface area (Å²) < 4.78 is 7.14. The molecular weight excluding hydrogens is 286 g/mol. The first kappa shape index (κ1) is 13.5. The van der Waals surface area contributed by atoms with E-state index in [-0.39, 0.29) is 0 Å². The van der Waals surface area contributed by atoms with Crippen LogP contribution in [0.5, 0.6) is 5.75 Å². The van der Waals surface area contributed by atoms with Gasteiger partial charge in [-0.2, -0.15) is 5.26 Å². The smallest absolute Gasteiger partial charge is 0.134 e. The minimum absolute atomic E-state index is 0.472. The predicted octanol–water partition coefficient (Wildman–Crippen LogP) is 3.62. The molecule has 2 heterocycles. The molecule has 5 heteroatoms. The van der Waals surface area contributed by atoms with Crippen LogP contribution < -0.4 is 4.74 Å². The minimum Gasteiger partial charge on any atom is -0.497 e. The number of pyridine rings is 1. The van der Waals surface area contributed by atoms with Crippen LogP contribution >= 0.6 is 11.6 Å². The van der Waals surface area contributed by atoms with Gasteiger partial charge in [-0.25, -0.2) is 4.98 Å². The van der Waals surface area contributed by atoms with Crippen LogP contribution in [-0.2, 0) is 6.54 Å². The number of hydrogen-bond acceptors (Lipinski definition) is 3. The second-order valence-electron chi connectivity index (χ2n) is 4.68. The van der Waals surface area contributed by atoms with Gasteiger partial charge >= 0.3 is 0 Å². The first-order chi connectivity index (χ1) is 10.2. The molecule has 0 radical (unpaired) electrons. The number of ether oxygens (including phenoxy) is 1. The van der Waals surface area contributed by atoms with Gasteiger partial charge in [0.1, 0.15) is 17.0 Å². The highest BCUT2D eigenvalue weighted by Crippen LogP contribution is 2.25. The van der Waals surface area contributed by atoms with Gasteiger partial charge in [0.15, 0.2) is 0 Å². The third-order valence-corrected chi connectivity index (χ3v) is 3.61. The Bertz CT molecular complexity index is 848. The van der Waals surface area contributed by atoms with E-state index >= 15 is 0 Å². The van der Waals surface area contributed by atoms with Gasteiger partial charge in [-0.3, -0.25) is 0 Å². The highest BCUT2D eigenvalue weighted by Gasteiger charge is 2.07. The zero-order valence-electron chi connectivity index (χ0n) is 11.4. The molecule has 0 saturated heterocycles. The second-order valence-corrected chi connectivity index (χ2v) is 5.04. The summed E-state index contributed by atoms with van der Waals surface area (Å²) in [4.78, 5) is 4.41. The van der Waals surface area contributed by atoms with Crippen LogP contribution in [0.15, 0.2) is 42.7 Å². The standard InChI is InChI=1S/C16H12ClN3O/c1-21-14-2-3-15-12(7-14)6-13(16(17)19-15)10-20-5-4-11(8-18)9-20/h2-7,9H,10H2,1H3. The number of nitrogens with zero attached hydrogens (tertiary/aromatic N) is 3. The molecule has 3 rings (SSSR count). The SMILES string of the molecule is COc1ccc2nc(Cl)c(Cn3ccc(C#N)c3)cc2c1. The van der Waals surface area contributed by atoms with Crippen LogP contribution in [0, 0.1) is 11.3 Å². The van der Waals surface area contributed by atoms with E-state index in [1.54, 1.807) is 19.4 Å². The summed E-state index contributed by atoms with van der Waals surface area (Å²) in [5.41, 5.74) is 2.36. The van der Waals surface area contributed by atoms with E-state index in [1.807, 2.05) is 35.0 Å². The van der Waals surface area contributed by atoms with Crippen LogP contribution in [0.4, 0.5) is 0 Å². The average Bonchev–Trinajstić information content (AvgIpc) is 2.95. The molecule has 0 aliphatic heterocycles. The van der Waals surface area contributed by atoms with Gasteiger partial charge in [0.2, 0.25) is 0 Å². The topological polar surface area (TPSA) is 50.8 Å². The van der Waals surface area contributed by atoms with Crippen molar-refractivity contribution in [2.75, 3.05) is 7.11 Å². The maximum Gasteiger partial charge on any atom is 0.134 e. The molecule has 0 spiro atoms. The highest BCUT2D eigenvalue weighted by atomic mass is 35.5. The maximum atomic E-state index is 8.85. The number of fused-ring (bicyclic) bond motifs is 1. The van der Waals surface area contributed by atoms with Gasteiger partial charge in [-0.05, 0) is 30.3 Å². The van der Waals surface area contributed by atoms with Crippen molar-refractivity contribution in [1.29, 1.82) is 5.26 Å². The largest absolute Gasteiger partial charge is 0.497 e. The second kappa shape index (κ2) is 5.47. The fourth-order valence-corrected chi connectivity index (χ4v) is 2.42. The molecule has 2 aromatic heterocycles. The van der Waals surface area contributed by atoms with Gasteiger partial charge in [0.25, 0.3) is 0 Å². The molecule has 0 fully saturated rings. The molecular formula is C16H12ClN3O. The normalized spacial score (nSPS) is 10.5. The van der Waals surface area contributed by atoms with Gasteiger partial charge in [-0.1, -0.05) is 11.6 Å². The molecule has 0 aliphatic rings. The highest BCUT2D eigenvalue weighted by molar-refractivity contribution is 6.30. The van der Waals surface area contributed by atoms with E-state index in [1.165, 1.54) is 0 Å². The van der Waals surface area contributed by atoms with Crippen molar-refractivity contribution in [2.45, 2.75) is 6.54 Å². The molecule has 0 bridgehead atoms. The zero-order chi connectivity index (χ0) is 14.8. The van der Waals surface area contributed by atoms with Crippen LogP contribution in [0.2, 0.25) is 5.15 Å². The fraction of sp³-hybridized carbons (Fsp3) is 0.125. The Morgan fingerprint density at radius 1 is 1.33 bits per heavy atom.